The van der Waals surface area contributed by atoms with Crippen LogP contribution in [0.3, 0.4) is 0 Å². The second kappa shape index (κ2) is 8.28. The zero-order valence-electron chi connectivity index (χ0n) is 12.9. The number of nitrogens with one attached hydrogen (secondary N) is 1. The van der Waals surface area contributed by atoms with E-state index in [2.05, 4.69) is 48.3 Å². The second-order valence-electron chi connectivity index (χ2n) is 5.76. The highest BCUT2D eigenvalue weighted by Crippen LogP contribution is 2.12. The average Bonchev–Trinajstić information content (AvgIpc) is 2.94. The molecule has 1 atom stereocenters. The number of hydrogen-bond donors (Lipinski definition) is 1. The molecule has 1 saturated heterocycles. The van der Waals surface area contributed by atoms with Gasteiger partial charge < -0.3 is 10.1 Å². The third-order valence-electron chi connectivity index (χ3n) is 3.88. The Morgan fingerprint density at radius 3 is 2.70 bits per heavy atom. The molecule has 20 heavy (non-hydrogen) atoms. The first kappa shape index (κ1) is 15.3. The lowest BCUT2D eigenvalue weighted by Gasteiger charge is -2.25. The Morgan fingerprint density at radius 2 is 2.05 bits per heavy atom. The molecule has 0 bridgehead atoms. The molecule has 1 N–H and O–H groups in total. The number of rotatable bonds is 8. The quantitative estimate of drug-likeness (QED) is 0.790. The smallest absolute Gasteiger partial charge is 0.119 e. The summed E-state index contributed by atoms with van der Waals surface area (Å²) in [5.74, 6) is 0.978. The van der Waals surface area contributed by atoms with E-state index in [1.807, 2.05) is 0 Å². The van der Waals surface area contributed by atoms with Crippen LogP contribution in [0.2, 0.25) is 0 Å². The highest BCUT2D eigenvalue weighted by atomic mass is 16.5. The number of aryl methyl sites for hydroxylation is 1. The Balaban J connectivity index is 1.72. The van der Waals surface area contributed by atoms with Gasteiger partial charge in [0.15, 0.2) is 0 Å². The Hall–Kier alpha value is -1.06. The molecular formula is C17H28N2O. The molecule has 1 aromatic rings. The van der Waals surface area contributed by atoms with Gasteiger partial charge in [-0.15, -0.1) is 0 Å². The topological polar surface area (TPSA) is 24.5 Å². The molecule has 1 aliphatic heterocycles. The number of hydrogen-bond acceptors (Lipinski definition) is 3. The van der Waals surface area contributed by atoms with Gasteiger partial charge in [0.2, 0.25) is 0 Å². The van der Waals surface area contributed by atoms with Crippen molar-refractivity contribution < 1.29 is 4.74 Å². The summed E-state index contributed by atoms with van der Waals surface area (Å²) in [7, 11) is 0. The van der Waals surface area contributed by atoms with Gasteiger partial charge in [0, 0.05) is 19.1 Å². The predicted octanol–water partition coefficient (Wildman–Crippen LogP) is 2.84. The minimum Gasteiger partial charge on any atom is -0.492 e. The predicted molar refractivity (Wildman–Crippen MR) is 84.4 cm³/mol. The SMILES string of the molecule is CCCN(CCOc1ccc(C)cc1)CC1CCCN1. The molecule has 112 valence electrons. The van der Waals surface area contributed by atoms with Crippen molar-refractivity contribution >= 4 is 0 Å². The maximum Gasteiger partial charge on any atom is 0.119 e. The summed E-state index contributed by atoms with van der Waals surface area (Å²) in [6.07, 6.45) is 3.85. The van der Waals surface area contributed by atoms with E-state index in [0.29, 0.717) is 6.04 Å². The van der Waals surface area contributed by atoms with Gasteiger partial charge in [-0.1, -0.05) is 24.6 Å². The van der Waals surface area contributed by atoms with Gasteiger partial charge in [-0.3, -0.25) is 4.90 Å². The molecule has 1 heterocycles. The Labute approximate surface area is 123 Å². The largest absolute Gasteiger partial charge is 0.492 e. The minimum atomic E-state index is 0.681. The van der Waals surface area contributed by atoms with Crippen LogP contribution < -0.4 is 10.1 Å². The summed E-state index contributed by atoms with van der Waals surface area (Å²) in [5.41, 5.74) is 1.28. The van der Waals surface area contributed by atoms with Gasteiger partial charge in [-0.2, -0.15) is 0 Å². The summed E-state index contributed by atoms with van der Waals surface area (Å²) >= 11 is 0. The number of nitrogens with zero attached hydrogens (tertiary/aromatic N) is 1. The summed E-state index contributed by atoms with van der Waals surface area (Å²) in [4.78, 5) is 2.52. The third-order valence-corrected chi connectivity index (χ3v) is 3.88. The molecule has 0 saturated carbocycles. The van der Waals surface area contributed by atoms with Crippen molar-refractivity contribution in [2.75, 3.05) is 32.8 Å². The van der Waals surface area contributed by atoms with Crippen LogP contribution in [-0.4, -0.2) is 43.7 Å². The normalized spacial score (nSPS) is 18.6. The van der Waals surface area contributed by atoms with Crippen LogP contribution in [-0.2, 0) is 0 Å². The fourth-order valence-corrected chi connectivity index (χ4v) is 2.76. The molecule has 3 heteroatoms. The Morgan fingerprint density at radius 1 is 1.25 bits per heavy atom. The van der Waals surface area contributed by atoms with E-state index in [9.17, 15) is 0 Å². The molecule has 0 spiro atoms. The number of ether oxygens (including phenoxy) is 1. The van der Waals surface area contributed by atoms with Crippen molar-refractivity contribution in [1.82, 2.24) is 10.2 Å². The first-order valence-electron chi connectivity index (χ1n) is 7.93. The lowest BCUT2D eigenvalue weighted by atomic mass is 10.2. The number of benzene rings is 1. The zero-order valence-corrected chi connectivity index (χ0v) is 12.9. The standard InChI is InChI=1S/C17H28N2O/c1-3-11-19(14-16-5-4-10-18-16)12-13-20-17-8-6-15(2)7-9-17/h6-9,16,18H,3-5,10-14H2,1-2H3. The molecule has 1 unspecified atom stereocenters. The van der Waals surface area contributed by atoms with Crippen LogP contribution in [0.15, 0.2) is 24.3 Å². The van der Waals surface area contributed by atoms with E-state index in [1.165, 1.54) is 31.4 Å². The van der Waals surface area contributed by atoms with E-state index in [1.54, 1.807) is 0 Å². The van der Waals surface area contributed by atoms with Crippen molar-refractivity contribution in [3.63, 3.8) is 0 Å². The third kappa shape index (κ3) is 5.14. The highest BCUT2D eigenvalue weighted by molar-refractivity contribution is 5.26. The van der Waals surface area contributed by atoms with E-state index in [4.69, 9.17) is 4.74 Å². The summed E-state index contributed by atoms with van der Waals surface area (Å²) in [6.45, 7) is 9.64. The fourth-order valence-electron chi connectivity index (χ4n) is 2.76. The lowest BCUT2D eigenvalue weighted by Crippen LogP contribution is -2.39. The Bertz CT molecular complexity index is 371. The van der Waals surface area contributed by atoms with Crippen molar-refractivity contribution in [2.45, 2.75) is 39.2 Å². The van der Waals surface area contributed by atoms with Crippen molar-refractivity contribution in [3.8, 4) is 5.75 Å². The van der Waals surface area contributed by atoms with Crippen LogP contribution in [0.5, 0.6) is 5.75 Å². The summed E-state index contributed by atoms with van der Waals surface area (Å²) in [6, 6.07) is 8.99. The maximum atomic E-state index is 5.84. The molecule has 0 radical (unpaired) electrons. The maximum absolute atomic E-state index is 5.84. The van der Waals surface area contributed by atoms with Crippen molar-refractivity contribution in [1.29, 1.82) is 0 Å². The molecule has 0 aliphatic carbocycles. The summed E-state index contributed by atoms with van der Waals surface area (Å²) < 4.78 is 5.84. The van der Waals surface area contributed by atoms with Gasteiger partial charge in [-0.25, -0.2) is 0 Å². The molecule has 3 nitrogen and oxygen atoms in total. The molecule has 0 amide bonds. The van der Waals surface area contributed by atoms with Gasteiger partial charge in [-0.05, 0) is 51.4 Å². The van der Waals surface area contributed by atoms with E-state index < -0.39 is 0 Å². The fraction of sp³-hybridized carbons (Fsp3) is 0.647. The molecule has 0 aromatic heterocycles. The minimum absolute atomic E-state index is 0.681. The molecular weight excluding hydrogens is 248 g/mol. The van der Waals surface area contributed by atoms with Crippen LogP contribution >= 0.6 is 0 Å². The van der Waals surface area contributed by atoms with Crippen LogP contribution in [0.25, 0.3) is 0 Å². The first-order chi connectivity index (χ1) is 9.78. The van der Waals surface area contributed by atoms with Gasteiger partial charge in [0.25, 0.3) is 0 Å². The van der Waals surface area contributed by atoms with Gasteiger partial charge >= 0.3 is 0 Å². The van der Waals surface area contributed by atoms with Crippen molar-refractivity contribution in [3.05, 3.63) is 29.8 Å². The van der Waals surface area contributed by atoms with E-state index in [0.717, 1.165) is 32.0 Å². The molecule has 1 aliphatic rings. The Kier molecular flexibility index (Phi) is 6.34. The van der Waals surface area contributed by atoms with Crippen LogP contribution in [0.4, 0.5) is 0 Å². The molecule has 1 aromatic carbocycles. The summed E-state index contributed by atoms with van der Waals surface area (Å²) in [5, 5.41) is 3.58. The van der Waals surface area contributed by atoms with E-state index in [-0.39, 0.29) is 0 Å². The zero-order chi connectivity index (χ0) is 14.2. The van der Waals surface area contributed by atoms with Crippen molar-refractivity contribution in [2.24, 2.45) is 0 Å². The first-order valence-corrected chi connectivity index (χ1v) is 7.93. The second-order valence-corrected chi connectivity index (χ2v) is 5.76. The van der Waals surface area contributed by atoms with Crippen LogP contribution in [0, 0.1) is 6.92 Å². The monoisotopic (exact) mass is 276 g/mol. The molecule has 1 fully saturated rings. The van der Waals surface area contributed by atoms with E-state index >= 15 is 0 Å². The lowest BCUT2D eigenvalue weighted by molar-refractivity contribution is 0.196. The average molecular weight is 276 g/mol. The van der Waals surface area contributed by atoms with Crippen LogP contribution in [0.1, 0.15) is 31.7 Å². The highest BCUT2D eigenvalue weighted by Gasteiger charge is 2.17. The van der Waals surface area contributed by atoms with Gasteiger partial charge in [0.05, 0.1) is 0 Å². The van der Waals surface area contributed by atoms with Gasteiger partial charge in [0.1, 0.15) is 12.4 Å². The molecule has 2 rings (SSSR count).